The summed E-state index contributed by atoms with van der Waals surface area (Å²) >= 11 is 3.42. The third-order valence-corrected chi connectivity index (χ3v) is 1.62. The summed E-state index contributed by atoms with van der Waals surface area (Å²) in [5.41, 5.74) is 0. The Labute approximate surface area is 112 Å². The van der Waals surface area contributed by atoms with Gasteiger partial charge < -0.3 is 29.5 Å². The van der Waals surface area contributed by atoms with Gasteiger partial charge in [0.2, 0.25) is 0 Å². The number of hydrogen-bond acceptors (Lipinski definition) is 7. The second-order valence-electron chi connectivity index (χ2n) is 2.84. The minimum atomic E-state index is -0.881. The van der Waals surface area contributed by atoms with Crippen LogP contribution in [0.15, 0.2) is 0 Å². The van der Waals surface area contributed by atoms with E-state index in [1.807, 2.05) is 0 Å². The van der Waals surface area contributed by atoms with Crippen LogP contribution in [0.25, 0.3) is 0 Å². The summed E-state index contributed by atoms with van der Waals surface area (Å²) in [5, 5.41) is 24.4. The summed E-state index contributed by atoms with van der Waals surface area (Å²) in [5.74, 6) is -0.965. The van der Waals surface area contributed by atoms with Crippen LogP contribution in [0.4, 0.5) is 0 Å². The Kier molecular flexibility index (Phi) is 21.0. The van der Waals surface area contributed by atoms with E-state index in [9.17, 15) is 4.79 Å². The maximum atomic E-state index is 9.29. The molecule has 0 heterocycles. The Balaban J connectivity index is 0. The maximum Gasteiger partial charge on any atom is 0.313 e. The fourth-order valence-corrected chi connectivity index (χ4v) is 0.671. The van der Waals surface area contributed by atoms with Crippen molar-refractivity contribution in [1.29, 1.82) is 0 Å². The number of carbonyl (C=O) groups is 1. The van der Waals surface area contributed by atoms with E-state index < -0.39 is 5.97 Å². The fraction of sp³-hybridized carbons (Fsp3) is 0.900. The first-order valence-corrected chi connectivity index (χ1v) is 6.09. The van der Waals surface area contributed by atoms with Crippen molar-refractivity contribution in [3.05, 3.63) is 0 Å². The van der Waals surface area contributed by atoms with Crippen molar-refractivity contribution in [1.82, 2.24) is 0 Å². The lowest BCUT2D eigenvalue weighted by Crippen LogP contribution is -2.11. The van der Waals surface area contributed by atoms with Crippen LogP contribution in [0, 0.1) is 0 Å². The number of carboxylic acid groups (broad SMARTS) is 1. The highest BCUT2D eigenvalue weighted by molar-refractivity contribution is 7.81. The van der Waals surface area contributed by atoms with Crippen LogP contribution in [-0.2, 0) is 19.0 Å². The van der Waals surface area contributed by atoms with Gasteiger partial charge in [-0.15, -0.1) is 0 Å². The summed E-state index contributed by atoms with van der Waals surface area (Å²) in [6.45, 7) is 2.76. The van der Waals surface area contributed by atoms with Crippen molar-refractivity contribution in [3.63, 3.8) is 0 Å². The molecule has 0 amide bonds. The van der Waals surface area contributed by atoms with Crippen molar-refractivity contribution in [2.45, 2.75) is 0 Å². The fourth-order valence-electron chi connectivity index (χ4n) is 0.671. The molecular formula is C10H22O7S. The second-order valence-corrected chi connectivity index (χ2v) is 3.15. The highest BCUT2D eigenvalue weighted by Gasteiger charge is 1.89. The first-order chi connectivity index (χ1) is 8.68. The molecule has 3 N–H and O–H groups in total. The quantitative estimate of drug-likeness (QED) is 0.286. The maximum absolute atomic E-state index is 9.29. The van der Waals surface area contributed by atoms with Crippen LogP contribution < -0.4 is 0 Å². The van der Waals surface area contributed by atoms with Gasteiger partial charge in [-0.2, -0.15) is 12.6 Å². The van der Waals surface area contributed by atoms with Crippen LogP contribution in [0.1, 0.15) is 0 Å². The number of aliphatic carboxylic acids is 1. The summed E-state index contributed by atoms with van der Waals surface area (Å²) in [4.78, 5) is 9.29. The molecule has 0 aliphatic heterocycles. The predicted molar refractivity (Wildman–Crippen MR) is 68.1 cm³/mol. The number of thiol groups is 1. The predicted octanol–water partition coefficient (Wildman–Crippen LogP) is -0.978. The van der Waals surface area contributed by atoms with Gasteiger partial charge in [0.25, 0.3) is 0 Å². The van der Waals surface area contributed by atoms with Gasteiger partial charge in [0.1, 0.15) is 0 Å². The average molecular weight is 286 g/mol. The third-order valence-electron chi connectivity index (χ3n) is 1.35. The molecule has 0 fully saturated rings. The Morgan fingerprint density at radius 2 is 1.11 bits per heavy atom. The van der Waals surface area contributed by atoms with Crippen LogP contribution in [-0.4, -0.2) is 79.9 Å². The summed E-state index contributed by atoms with van der Waals surface area (Å²) < 4.78 is 15.0. The molecule has 0 saturated carbocycles. The number of aliphatic hydroxyl groups is 2. The van der Waals surface area contributed by atoms with Crippen molar-refractivity contribution in [3.8, 4) is 0 Å². The Bertz CT molecular complexity index is 158. The average Bonchev–Trinajstić information content (AvgIpc) is 2.37. The molecule has 0 radical (unpaired) electrons. The van der Waals surface area contributed by atoms with Gasteiger partial charge in [0.05, 0.1) is 58.6 Å². The zero-order valence-electron chi connectivity index (χ0n) is 10.3. The van der Waals surface area contributed by atoms with Crippen molar-refractivity contribution in [2.24, 2.45) is 0 Å². The van der Waals surface area contributed by atoms with Crippen molar-refractivity contribution in [2.75, 3.05) is 58.6 Å². The topological polar surface area (TPSA) is 105 Å². The smallest absolute Gasteiger partial charge is 0.313 e. The Hall–Kier alpha value is -0.380. The van der Waals surface area contributed by atoms with Gasteiger partial charge in [-0.1, -0.05) is 0 Å². The van der Waals surface area contributed by atoms with Gasteiger partial charge >= 0.3 is 5.97 Å². The second kappa shape index (κ2) is 19.0. The number of rotatable bonds is 11. The zero-order chi connectivity index (χ0) is 14.1. The van der Waals surface area contributed by atoms with Gasteiger partial charge in [0, 0.05) is 0 Å². The summed E-state index contributed by atoms with van der Waals surface area (Å²) in [6.07, 6.45) is 0. The van der Waals surface area contributed by atoms with Gasteiger partial charge in [-0.05, 0) is 0 Å². The molecule has 18 heavy (non-hydrogen) atoms. The highest BCUT2D eigenvalue weighted by Crippen LogP contribution is 1.80. The molecule has 0 rings (SSSR count). The van der Waals surface area contributed by atoms with E-state index >= 15 is 0 Å². The first kappa shape index (κ1) is 19.9. The monoisotopic (exact) mass is 286 g/mol. The minimum Gasteiger partial charge on any atom is -0.481 e. The molecule has 0 aliphatic carbocycles. The van der Waals surface area contributed by atoms with Gasteiger partial charge in [-0.3, -0.25) is 4.79 Å². The molecule has 0 aromatic rings. The van der Waals surface area contributed by atoms with E-state index in [-0.39, 0.29) is 19.0 Å². The molecular weight excluding hydrogens is 264 g/mol. The molecule has 0 aromatic carbocycles. The van der Waals surface area contributed by atoms with E-state index in [0.29, 0.717) is 39.6 Å². The number of hydrogen-bond donors (Lipinski definition) is 4. The lowest BCUT2D eigenvalue weighted by Gasteiger charge is -2.04. The van der Waals surface area contributed by atoms with E-state index in [2.05, 4.69) is 12.6 Å². The van der Waals surface area contributed by atoms with Crippen LogP contribution in [0.2, 0.25) is 0 Å². The summed E-state index contributed by atoms with van der Waals surface area (Å²) in [6, 6.07) is 0. The van der Waals surface area contributed by atoms with E-state index in [1.165, 1.54) is 0 Å². The van der Waals surface area contributed by atoms with Crippen LogP contribution in [0.3, 0.4) is 0 Å². The molecule has 0 spiro atoms. The normalized spacial score (nSPS) is 9.72. The molecule has 110 valence electrons. The number of ether oxygens (including phenoxy) is 3. The summed E-state index contributed by atoms with van der Waals surface area (Å²) in [7, 11) is 0. The molecule has 0 unspecified atom stereocenters. The van der Waals surface area contributed by atoms with E-state index in [0.717, 1.165) is 0 Å². The molecule has 0 atom stereocenters. The largest absolute Gasteiger partial charge is 0.481 e. The van der Waals surface area contributed by atoms with E-state index in [1.54, 1.807) is 0 Å². The molecule has 0 aliphatic rings. The molecule has 0 bridgehead atoms. The standard InChI is InChI=1S/C8H18O5.C2H4O2S/c9-1-3-11-5-7-13-8-6-12-4-2-10;3-2(4)1-5/h9-10H,1-8H2;5H,1H2,(H,3,4). The molecule has 0 saturated heterocycles. The zero-order valence-corrected chi connectivity index (χ0v) is 11.2. The van der Waals surface area contributed by atoms with E-state index in [4.69, 9.17) is 29.5 Å². The van der Waals surface area contributed by atoms with Crippen LogP contribution in [0.5, 0.6) is 0 Å². The first-order valence-electron chi connectivity index (χ1n) is 5.46. The minimum absolute atomic E-state index is 0.0413. The number of carboxylic acids is 1. The molecule has 8 heteroatoms. The molecule has 0 aromatic heterocycles. The van der Waals surface area contributed by atoms with Crippen molar-refractivity contribution < 1.29 is 34.3 Å². The highest BCUT2D eigenvalue weighted by atomic mass is 32.1. The number of aliphatic hydroxyl groups excluding tert-OH is 2. The SMILES string of the molecule is O=C(O)CS.OCCOCCOCCOCCO. The van der Waals surface area contributed by atoms with Crippen LogP contribution >= 0.6 is 12.6 Å². The Morgan fingerprint density at radius 3 is 1.33 bits per heavy atom. The van der Waals surface area contributed by atoms with Crippen molar-refractivity contribution >= 4 is 18.6 Å². The third kappa shape index (κ3) is 24.7. The lowest BCUT2D eigenvalue weighted by atomic mass is 10.7. The van der Waals surface area contributed by atoms with Gasteiger partial charge in [0.15, 0.2) is 0 Å². The van der Waals surface area contributed by atoms with Gasteiger partial charge in [-0.25, -0.2) is 0 Å². The lowest BCUT2D eigenvalue weighted by molar-refractivity contribution is -0.133. The molecule has 7 nitrogen and oxygen atoms in total. The Morgan fingerprint density at radius 1 is 0.833 bits per heavy atom.